The van der Waals surface area contributed by atoms with E-state index in [0.29, 0.717) is 29.2 Å². The van der Waals surface area contributed by atoms with Gasteiger partial charge in [-0.3, -0.25) is 9.59 Å². The molecule has 1 aliphatic heterocycles. The zero-order chi connectivity index (χ0) is 19.2. The third-order valence-electron chi connectivity index (χ3n) is 4.28. The summed E-state index contributed by atoms with van der Waals surface area (Å²) in [5.41, 5.74) is 1.36. The van der Waals surface area contributed by atoms with Gasteiger partial charge in [-0.25, -0.2) is 4.39 Å². The highest BCUT2D eigenvalue weighted by atomic mass is 35.5. The maximum absolute atomic E-state index is 13.5. The molecule has 1 N–H and O–H groups in total. The molecule has 0 fully saturated rings. The number of rotatable bonds is 6. The van der Waals surface area contributed by atoms with Crippen LogP contribution in [-0.2, 0) is 27.2 Å². The van der Waals surface area contributed by atoms with Crippen LogP contribution in [0.4, 0.5) is 4.39 Å². The minimum absolute atomic E-state index is 0.197. The summed E-state index contributed by atoms with van der Waals surface area (Å²) in [5, 5.41) is 3.18. The van der Waals surface area contributed by atoms with Gasteiger partial charge in [-0.2, -0.15) is 0 Å². The molecule has 1 amide bonds. The van der Waals surface area contributed by atoms with Gasteiger partial charge in [0.2, 0.25) is 0 Å². The fourth-order valence-electron chi connectivity index (χ4n) is 2.86. The fourth-order valence-corrected chi connectivity index (χ4v) is 3.05. The quantitative estimate of drug-likeness (QED) is 0.769. The lowest BCUT2D eigenvalue weighted by Crippen LogP contribution is -2.34. The van der Waals surface area contributed by atoms with Crippen LogP contribution >= 0.6 is 11.6 Å². The van der Waals surface area contributed by atoms with Gasteiger partial charge in [0, 0.05) is 11.6 Å². The average molecular weight is 392 g/mol. The lowest BCUT2D eigenvalue weighted by atomic mass is 9.97. The number of carbonyl (C=O) groups is 2. The van der Waals surface area contributed by atoms with Crippen molar-refractivity contribution in [3.63, 3.8) is 0 Å². The molecule has 0 unspecified atom stereocenters. The average Bonchev–Trinajstić information content (AvgIpc) is 2.67. The Morgan fingerprint density at radius 1 is 1.26 bits per heavy atom. The van der Waals surface area contributed by atoms with Gasteiger partial charge in [0.05, 0.1) is 5.92 Å². The van der Waals surface area contributed by atoms with Gasteiger partial charge in [0.15, 0.2) is 6.61 Å². The van der Waals surface area contributed by atoms with E-state index in [1.807, 2.05) is 0 Å². The molecule has 142 valence electrons. The van der Waals surface area contributed by atoms with Crippen LogP contribution in [0.5, 0.6) is 5.75 Å². The number of fused-ring (bicyclic) bond motifs is 1. The minimum Gasteiger partial charge on any atom is -0.492 e. The molecule has 5 nitrogen and oxygen atoms in total. The summed E-state index contributed by atoms with van der Waals surface area (Å²) in [6, 6.07) is 11.6. The zero-order valence-electron chi connectivity index (χ0n) is 14.5. The molecule has 0 aromatic heterocycles. The first kappa shape index (κ1) is 19.2. The Kier molecular flexibility index (Phi) is 6.29. The third-order valence-corrected chi connectivity index (χ3v) is 4.52. The molecule has 0 saturated heterocycles. The molecular weight excluding hydrogens is 373 g/mol. The number of hydrogen-bond donors (Lipinski definition) is 1. The fraction of sp³-hybridized carbons (Fsp3) is 0.300. The third kappa shape index (κ3) is 5.20. The maximum Gasteiger partial charge on any atom is 0.313 e. The first-order valence-corrected chi connectivity index (χ1v) is 8.98. The van der Waals surface area contributed by atoms with Crippen LogP contribution in [0, 0.1) is 11.7 Å². The summed E-state index contributed by atoms with van der Waals surface area (Å²) in [7, 11) is 0. The Labute approximate surface area is 161 Å². The van der Waals surface area contributed by atoms with Crippen molar-refractivity contribution in [1.29, 1.82) is 0 Å². The Balaban J connectivity index is 1.41. The highest BCUT2D eigenvalue weighted by Crippen LogP contribution is 2.30. The standard InChI is InChI=1S/C20H19ClFNO4/c21-16-5-6-18-14(10-16)9-15(11-26-18)20(25)27-12-19(24)23-8-7-13-3-1-2-4-17(13)22/h1-6,10,15H,7-9,11-12H2,(H,23,24)/t15-/m1/s1. The van der Waals surface area contributed by atoms with Gasteiger partial charge >= 0.3 is 5.97 Å². The van der Waals surface area contributed by atoms with Gasteiger partial charge in [0.25, 0.3) is 5.91 Å². The van der Waals surface area contributed by atoms with E-state index >= 15 is 0 Å². The number of benzene rings is 2. The second kappa shape index (κ2) is 8.86. The van der Waals surface area contributed by atoms with E-state index in [4.69, 9.17) is 21.1 Å². The molecule has 1 aliphatic rings. The van der Waals surface area contributed by atoms with Gasteiger partial charge in [-0.05, 0) is 48.2 Å². The number of halogens is 2. The first-order valence-electron chi connectivity index (χ1n) is 8.61. The second-order valence-corrected chi connectivity index (χ2v) is 6.70. The van der Waals surface area contributed by atoms with Crippen LogP contribution in [-0.4, -0.2) is 31.6 Å². The lowest BCUT2D eigenvalue weighted by molar-refractivity contribution is -0.153. The molecule has 0 saturated carbocycles. The molecule has 1 atom stereocenters. The number of hydrogen-bond acceptors (Lipinski definition) is 4. The summed E-state index contributed by atoms with van der Waals surface area (Å²) in [6.07, 6.45) is 0.810. The van der Waals surface area contributed by atoms with E-state index in [9.17, 15) is 14.0 Å². The van der Waals surface area contributed by atoms with E-state index in [-0.39, 0.29) is 25.6 Å². The van der Waals surface area contributed by atoms with E-state index in [0.717, 1.165) is 5.56 Å². The molecule has 0 radical (unpaired) electrons. The van der Waals surface area contributed by atoms with Gasteiger partial charge in [-0.15, -0.1) is 0 Å². The molecular formula is C20H19ClFNO4. The van der Waals surface area contributed by atoms with Crippen molar-refractivity contribution < 1.29 is 23.5 Å². The summed E-state index contributed by atoms with van der Waals surface area (Å²) in [5.74, 6) is -1.02. The molecule has 7 heteroatoms. The summed E-state index contributed by atoms with van der Waals surface area (Å²) < 4.78 is 24.1. The largest absolute Gasteiger partial charge is 0.492 e. The monoisotopic (exact) mass is 391 g/mol. The number of carbonyl (C=O) groups excluding carboxylic acids is 2. The maximum atomic E-state index is 13.5. The number of nitrogens with one attached hydrogen (secondary N) is 1. The van der Waals surface area contributed by atoms with Crippen molar-refractivity contribution in [3.05, 3.63) is 64.4 Å². The Morgan fingerprint density at radius 2 is 2.07 bits per heavy atom. The predicted molar refractivity (Wildman–Crippen MR) is 98.2 cm³/mol. The lowest BCUT2D eigenvalue weighted by Gasteiger charge is -2.24. The first-order chi connectivity index (χ1) is 13.0. The molecule has 0 spiro atoms. The van der Waals surface area contributed by atoms with Crippen LogP contribution in [0.25, 0.3) is 0 Å². The van der Waals surface area contributed by atoms with Crippen LogP contribution < -0.4 is 10.1 Å². The van der Waals surface area contributed by atoms with Crippen molar-refractivity contribution in [2.45, 2.75) is 12.8 Å². The SMILES string of the molecule is O=C(COC(=O)[C@H]1COc2ccc(Cl)cc2C1)NCCc1ccccc1F. The molecule has 3 rings (SSSR count). The number of amides is 1. The topological polar surface area (TPSA) is 64.6 Å². The smallest absolute Gasteiger partial charge is 0.313 e. The molecule has 2 aromatic carbocycles. The summed E-state index contributed by atoms with van der Waals surface area (Å²) in [4.78, 5) is 24.0. The molecule has 1 heterocycles. The van der Waals surface area contributed by atoms with E-state index in [1.54, 1.807) is 36.4 Å². The zero-order valence-corrected chi connectivity index (χ0v) is 15.3. The normalized spacial score (nSPS) is 15.4. The Morgan fingerprint density at radius 3 is 2.89 bits per heavy atom. The van der Waals surface area contributed by atoms with Gasteiger partial charge < -0.3 is 14.8 Å². The van der Waals surface area contributed by atoms with Gasteiger partial charge in [0.1, 0.15) is 18.2 Å². The van der Waals surface area contributed by atoms with Crippen LogP contribution in [0.1, 0.15) is 11.1 Å². The van der Waals surface area contributed by atoms with Crippen molar-refractivity contribution in [2.24, 2.45) is 5.92 Å². The van der Waals surface area contributed by atoms with E-state index in [1.165, 1.54) is 6.07 Å². The second-order valence-electron chi connectivity index (χ2n) is 6.26. The predicted octanol–water partition coefficient (Wildman–Crippen LogP) is 2.93. The van der Waals surface area contributed by atoms with Crippen molar-refractivity contribution >= 4 is 23.5 Å². The van der Waals surface area contributed by atoms with E-state index in [2.05, 4.69) is 5.32 Å². The van der Waals surface area contributed by atoms with Crippen molar-refractivity contribution in [3.8, 4) is 5.75 Å². The number of ether oxygens (including phenoxy) is 2. The molecule has 0 aliphatic carbocycles. The highest BCUT2D eigenvalue weighted by molar-refractivity contribution is 6.30. The number of esters is 1. The molecule has 27 heavy (non-hydrogen) atoms. The summed E-state index contributed by atoms with van der Waals surface area (Å²) in [6.45, 7) is 0.0765. The van der Waals surface area contributed by atoms with Gasteiger partial charge in [-0.1, -0.05) is 29.8 Å². The molecule has 0 bridgehead atoms. The van der Waals surface area contributed by atoms with E-state index < -0.39 is 17.8 Å². The van der Waals surface area contributed by atoms with Crippen LogP contribution in [0.15, 0.2) is 42.5 Å². The Bertz CT molecular complexity index is 842. The summed E-state index contributed by atoms with van der Waals surface area (Å²) >= 11 is 5.96. The Hall–Kier alpha value is -2.60. The molecule has 2 aromatic rings. The van der Waals surface area contributed by atoms with Crippen molar-refractivity contribution in [2.75, 3.05) is 19.8 Å². The van der Waals surface area contributed by atoms with Crippen molar-refractivity contribution in [1.82, 2.24) is 5.32 Å². The highest BCUT2D eigenvalue weighted by Gasteiger charge is 2.27. The van der Waals surface area contributed by atoms with Crippen LogP contribution in [0.3, 0.4) is 0 Å². The van der Waals surface area contributed by atoms with Crippen LogP contribution in [0.2, 0.25) is 5.02 Å². The minimum atomic E-state index is -0.495.